The number of carbonyl (C=O) groups excluding carboxylic acids is 1. The summed E-state index contributed by atoms with van der Waals surface area (Å²) in [7, 11) is 2.16. The standard InChI is InChI=1S/C13H24N2O2.C2H6/c1-12(2,3)17-11(16)15-7-5-13(6-8-15)9-14(4)10-13;1-2/h5-10H2,1-4H3;1-2H3. The second-order valence-corrected chi connectivity index (χ2v) is 6.64. The van der Waals surface area contributed by atoms with Crippen molar-refractivity contribution in [3.8, 4) is 0 Å². The molecule has 1 amide bonds. The number of hydrogen-bond acceptors (Lipinski definition) is 3. The summed E-state index contributed by atoms with van der Waals surface area (Å²) < 4.78 is 5.39. The van der Waals surface area contributed by atoms with Crippen LogP contribution in [0.2, 0.25) is 0 Å². The summed E-state index contributed by atoms with van der Waals surface area (Å²) in [5, 5.41) is 0. The molecule has 2 aliphatic rings. The first kappa shape index (κ1) is 16.3. The van der Waals surface area contributed by atoms with Crippen LogP contribution in [0.5, 0.6) is 0 Å². The maximum atomic E-state index is 11.9. The zero-order chi connectivity index (χ0) is 14.7. The molecule has 0 unspecified atom stereocenters. The fourth-order valence-electron chi connectivity index (χ4n) is 2.91. The zero-order valence-electron chi connectivity index (χ0n) is 13.5. The molecule has 0 N–H and O–H groups in total. The fourth-order valence-corrected chi connectivity index (χ4v) is 2.91. The van der Waals surface area contributed by atoms with Gasteiger partial charge in [-0.15, -0.1) is 0 Å². The number of rotatable bonds is 0. The van der Waals surface area contributed by atoms with Crippen LogP contribution < -0.4 is 0 Å². The zero-order valence-corrected chi connectivity index (χ0v) is 13.5. The molecule has 0 saturated carbocycles. The van der Waals surface area contributed by atoms with E-state index in [1.165, 1.54) is 13.1 Å². The second kappa shape index (κ2) is 6.12. The summed E-state index contributed by atoms with van der Waals surface area (Å²) in [4.78, 5) is 16.1. The Morgan fingerprint density at radius 3 is 1.95 bits per heavy atom. The lowest BCUT2D eigenvalue weighted by molar-refractivity contribution is -0.0393. The van der Waals surface area contributed by atoms with Crippen molar-refractivity contribution in [3.05, 3.63) is 0 Å². The van der Waals surface area contributed by atoms with Gasteiger partial charge in [-0.3, -0.25) is 0 Å². The molecule has 2 saturated heterocycles. The summed E-state index contributed by atoms with van der Waals surface area (Å²) in [6.07, 6.45) is 2.09. The molecular formula is C15H30N2O2. The lowest BCUT2D eigenvalue weighted by Gasteiger charge is -2.52. The number of hydrogen-bond donors (Lipinski definition) is 0. The Kier molecular flexibility index (Phi) is 5.25. The van der Waals surface area contributed by atoms with Crippen LogP contribution in [0.3, 0.4) is 0 Å². The molecule has 0 aromatic rings. The van der Waals surface area contributed by atoms with Crippen LogP contribution in [0.25, 0.3) is 0 Å². The molecule has 0 atom stereocenters. The first-order chi connectivity index (χ1) is 8.80. The smallest absolute Gasteiger partial charge is 0.410 e. The van der Waals surface area contributed by atoms with Crippen molar-refractivity contribution < 1.29 is 9.53 Å². The molecule has 112 valence electrons. The normalized spacial score (nSPS) is 22.3. The molecule has 0 bridgehead atoms. The van der Waals surface area contributed by atoms with Crippen molar-refractivity contribution in [3.63, 3.8) is 0 Å². The molecule has 0 aliphatic carbocycles. The van der Waals surface area contributed by atoms with Crippen molar-refractivity contribution in [2.45, 2.75) is 53.1 Å². The largest absolute Gasteiger partial charge is 0.444 e. The number of amides is 1. The van der Waals surface area contributed by atoms with Crippen molar-refractivity contribution >= 4 is 6.09 Å². The molecule has 2 rings (SSSR count). The Bertz CT molecular complexity index is 294. The summed E-state index contributed by atoms with van der Waals surface area (Å²) in [5.74, 6) is 0. The maximum absolute atomic E-state index is 11.9. The van der Waals surface area contributed by atoms with Gasteiger partial charge in [0.2, 0.25) is 0 Å². The van der Waals surface area contributed by atoms with Crippen LogP contribution in [0.15, 0.2) is 0 Å². The highest BCUT2D eigenvalue weighted by Gasteiger charge is 2.44. The topological polar surface area (TPSA) is 32.8 Å². The Hall–Kier alpha value is -0.770. The Morgan fingerprint density at radius 2 is 1.58 bits per heavy atom. The Morgan fingerprint density at radius 1 is 1.11 bits per heavy atom. The quantitative estimate of drug-likeness (QED) is 0.678. The lowest BCUT2D eigenvalue weighted by Crippen LogP contribution is -2.59. The van der Waals surface area contributed by atoms with Gasteiger partial charge >= 0.3 is 6.09 Å². The molecule has 2 aliphatic heterocycles. The van der Waals surface area contributed by atoms with Crippen LogP contribution in [0, 0.1) is 5.41 Å². The van der Waals surface area contributed by atoms with E-state index in [-0.39, 0.29) is 11.7 Å². The van der Waals surface area contributed by atoms with Gasteiger partial charge in [0.05, 0.1) is 0 Å². The highest BCUT2D eigenvalue weighted by Crippen LogP contribution is 2.39. The third-order valence-electron chi connectivity index (χ3n) is 3.69. The van der Waals surface area contributed by atoms with Crippen molar-refractivity contribution in [2.75, 3.05) is 33.2 Å². The highest BCUT2D eigenvalue weighted by molar-refractivity contribution is 5.68. The molecule has 4 heteroatoms. The average molecular weight is 270 g/mol. The predicted molar refractivity (Wildman–Crippen MR) is 78.3 cm³/mol. The first-order valence-corrected chi connectivity index (χ1v) is 7.46. The molecule has 1 spiro atoms. The average Bonchev–Trinajstić information content (AvgIpc) is 2.28. The third kappa shape index (κ3) is 4.37. The molecule has 0 aromatic heterocycles. The molecule has 2 heterocycles. The summed E-state index contributed by atoms with van der Waals surface area (Å²) in [5.41, 5.74) is 0.107. The summed E-state index contributed by atoms with van der Waals surface area (Å²) in [6.45, 7) is 13.8. The van der Waals surface area contributed by atoms with Gasteiger partial charge in [0.1, 0.15) is 5.60 Å². The lowest BCUT2D eigenvalue weighted by atomic mass is 9.72. The molecule has 2 fully saturated rings. The van der Waals surface area contributed by atoms with E-state index in [1.54, 1.807) is 0 Å². The van der Waals surface area contributed by atoms with Crippen molar-refractivity contribution in [1.29, 1.82) is 0 Å². The number of likely N-dealkylation sites (tertiary alicyclic amines) is 2. The van der Waals surface area contributed by atoms with Gasteiger partial charge in [-0.05, 0) is 46.1 Å². The van der Waals surface area contributed by atoms with E-state index in [0.29, 0.717) is 5.41 Å². The van der Waals surface area contributed by atoms with E-state index in [2.05, 4.69) is 11.9 Å². The van der Waals surface area contributed by atoms with Crippen LogP contribution in [-0.4, -0.2) is 54.7 Å². The van der Waals surface area contributed by atoms with Gasteiger partial charge in [-0.1, -0.05) is 13.8 Å². The number of ether oxygens (including phenoxy) is 1. The number of nitrogens with zero attached hydrogens (tertiary/aromatic N) is 2. The van der Waals surface area contributed by atoms with Crippen molar-refractivity contribution in [2.24, 2.45) is 5.41 Å². The van der Waals surface area contributed by atoms with Gasteiger partial charge in [0, 0.05) is 26.2 Å². The van der Waals surface area contributed by atoms with Crippen LogP contribution in [0.1, 0.15) is 47.5 Å². The van der Waals surface area contributed by atoms with Gasteiger partial charge in [0.25, 0.3) is 0 Å². The van der Waals surface area contributed by atoms with Crippen LogP contribution in [0.4, 0.5) is 4.79 Å². The summed E-state index contributed by atoms with van der Waals surface area (Å²) in [6, 6.07) is 0. The van der Waals surface area contributed by atoms with E-state index >= 15 is 0 Å². The maximum Gasteiger partial charge on any atom is 0.410 e. The van der Waals surface area contributed by atoms with E-state index in [9.17, 15) is 4.79 Å². The molecule has 19 heavy (non-hydrogen) atoms. The first-order valence-electron chi connectivity index (χ1n) is 7.46. The van der Waals surface area contributed by atoms with Crippen molar-refractivity contribution in [1.82, 2.24) is 9.80 Å². The predicted octanol–water partition coefficient (Wildman–Crippen LogP) is 2.98. The van der Waals surface area contributed by atoms with E-state index < -0.39 is 0 Å². The minimum Gasteiger partial charge on any atom is -0.444 e. The number of piperidine rings is 1. The second-order valence-electron chi connectivity index (χ2n) is 6.64. The number of carbonyl (C=O) groups is 1. The van der Waals surface area contributed by atoms with Gasteiger partial charge in [-0.2, -0.15) is 0 Å². The highest BCUT2D eigenvalue weighted by atomic mass is 16.6. The van der Waals surface area contributed by atoms with Gasteiger partial charge < -0.3 is 14.5 Å². The monoisotopic (exact) mass is 270 g/mol. The van der Waals surface area contributed by atoms with Crippen LogP contribution in [-0.2, 0) is 4.74 Å². The third-order valence-corrected chi connectivity index (χ3v) is 3.69. The minimum atomic E-state index is -0.386. The Labute approximate surface area is 118 Å². The van der Waals surface area contributed by atoms with E-state index in [1.807, 2.05) is 39.5 Å². The fraction of sp³-hybridized carbons (Fsp3) is 0.933. The van der Waals surface area contributed by atoms with Crippen LogP contribution >= 0.6 is 0 Å². The van der Waals surface area contributed by atoms with E-state index in [0.717, 1.165) is 25.9 Å². The van der Waals surface area contributed by atoms with Gasteiger partial charge in [0.15, 0.2) is 0 Å². The summed E-state index contributed by atoms with van der Waals surface area (Å²) >= 11 is 0. The molecule has 0 aromatic carbocycles. The van der Waals surface area contributed by atoms with E-state index in [4.69, 9.17) is 4.74 Å². The Balaban J connectivity index is 0.000000861. The van der Waals surface area contributed by atoms with Gasteiger partial charge in [-0.25, -0.2) is 4.79 Å². The molecular weight excluding hydrogens is 240 g/mol. The molecule has 0 radical (unpaired) electrons. The molecule has 4 nitrogen and oxygen atoms in total. The minimum absolute atomic E-state index is 0.153. The SMILES string of the molecule is CC.CN1CC2(CCN(C(=O)OC(C)(C)C)CC2)C1.